The molecule has 8 heteroatoms. The lowest BCUT2D eigenvalue weighted by Gasteiger charge is -2.21. The van der Waals surface area contributed by atoms with Gasteiger partial charge in [-0.2, -0.15) is 4.31 Å². The molecule has 0 saturated heterocycles. The minimum Gasteiger partial charge on any atom is -0.395 e. The molecule has 0 aliphatic carbocycles. The molecule has 0 fully saturated rings. The molecule has 0 atom stereocenters. The van der Waals surface area contributed by atoms with Crippen LogP contribution in [-0.2, 0) is 10.0 Å². The van der Waals surface area contributed by atoms with Crippen LogP contribution in [-0.4, -0.2) is 42.5 Å². The third kappa shape index (κ3) is 3.16. The van der Waals surface area contributed by atoms with Crippen molar-refractivity contribution in [1.29, 1.82) is 0 Å². The number of aliphatic hydroxyl groups is 1. The topological polar surface area (TPSA) is 109 Å². The zero-order valence-corrected chi connectivity index (χ0v) is 11.0. The molecule has 1 aromatic heterocycles. The van der Waals surface area contributed by atoms with Crippen LogP contribution in [0.4, 0.5) is 5.69 Å². The molecule has 18 heavy (non-hydrogen) atoms. The van der Waals surface area contributed by atoms with E-state index >= 15 is 0 Å². The molecule has 4 N–H and O–H groups in total. The summed E-state index contributed by atoms with van der Waals surface area (Å²) in [6, 6.07) is 3.12. The first-order valence-electron chi connectivity index (χ1n) is 5.60. The zero-order chi connectivity index (χ0) is 13.6. The molecule has 7 nitrogen and oxygen atoms in total. The molecule has 102 valence electrons. The average molecular weight is 274 g/mol. The molecule has 0 unspecified atom stereocenters. The maximum atomic E-state index is 12.3. The number of anilines is 1. The van der Waals surface area contributed by atoms with Gasteiger partial charge in [0, 0.05) is 19.3 Å². The molecule has 0 radical (unpaired) electrons. The highest BCUT2D eigenvalue weighted by atomic mass is 32.2. The van der Waals surface area contributed by atoms with Crippen molar-refractivity contribution in [2.45, 2.75) is 18.4 Å². The molecule has 0 aliphatic rings. The van der Waals surface area contributed by atoms with Crippen molar-refractivity contribution in [3.05, 3.63) is 18.3 Å². The average Bonchev–Trinajstić information content (AvgIpc) is 2.38. The Morgan fingerprint density at radius 2 is 2.22 bits per heavy atom. The molecule has 0 spiro atoms. The second kappa shape index (κ2) is 6.64. The predicted octanol–water partition coefficient (Wildman–Crippen LogP) is -0.240. The number of rotatable bonds is 7. The quantitative estimate of drug-likeness (QED) is 0.468. The number of aliphatic hydroxyl groups excluding tert-OH is 1. The third-order valence-electron chi connectivity index (χ3n) is 2.33. The summed E-state index contributed by atoms with van der Waals surface area (Å²) in [5.41, 5.74) is 2.54. The highest BCUT2D eigenvalue weighted by Crippen LogP contribution is 2.21. The molecule has 0 aliphatic heterocycles. The van der Waals surface area contributed by atoms with Gasteiger partial charge in [0.05, 0.1) is 12.3 Å². The second-order valence-corrected chi connectivity index (χ2v) is 5.48. The Morgan fingerprint density at radius 3 is 2.78 bits per heavy atom. The van der Waals surface area contributed by atoms with E-state index in [0.29, 0.717) is 13.0 Å². The van der Waals surface area contributed by atoms with Crippen LogP contribution in [0.1, 0.15) is 13.3 Å². The van der Waals surface area contributed by atoms with Crippen molar-refractivity contribution in [1.82, 2.24) is 9.29 Å². The Bertz CT molecular complexity index is 472. The van der Waals surface area contributed by atoms with Gasteiger partial charge in [-0.1, -0.05) is 6.92 Å². The number of sulfonamides is 1. The number of hydrogen-bond acceptors (Lipinski definition) is 6. The van der Waals surface area contributed by atoms with E-state index in [4.69, 9.17) is 10.9 Å². The van der Waals surface area contributed by atoms with Crippen molar-refractivity contribution in [3.63, 3.8) is 0 Å². The Labute approximate surface area is 107 Å². The maximum absolute atomic E-state index is 12.3. The van der Waals surface area contributed by atoms with Crippen LogP contribution < -0.4 is 11.3 Å². The van der Waals surface area contributed by atoms with Crippen molar-refractivity contribution in [2.75, 3.05) is 25.1 Å². The summed E-state index contributed by atoms with van der Waals surface area (Å²) in [4.78, 5) is 3.85. The van der Waals surface area contributed by atoms with E-state index in [2.05, 4.69) is 10.4 Å². The van der Waals surface area contributed by atoms with E-state index < -0.39 is 10.0 Å². The number of hydrazine groups is 1. The fraction of sp³-hybridized carbons (Fsp3) is 0.500. The third-order valence-corrected chi connectivity index (χ3v) is 4.19. The van der Waals surface area contributed by atoms with Crippen LogP contribution in [0.25, 0.3) is 0 Å². The van der Waals surface area contributed by atoms with Gasteiger partial charge in [-0.05, 0) is 18.6 Å². The highest BCUT2D eigenvalue weighted by Gasteiger charge is 2.27. The van der Waals surface area contributed by atoms with Crippen LogP contribution in [0.3, 0.4) is 0 Å². The number of nitrogens with one attached hydrogen (secondary N) is 1. The smallest absolute Gasteiger partial charge is 0.262 e. The van der Waals surface area contributed by atoms with Gasteiger partial charge < -0.3 is 10.5 Å². The monoisotopic (exact) mass is 274 g/mol. The van der Waals surface area contributed by atoms with Crippen molar-refractivity contribution >= 4 is 15.7 Å². The van der Waals surface area contributed by atoms with E-state index in [1.165, 1.54) is 16.6 Å². The molecule has 0 aromatic carbocycles. The van der Waals surface area contributed by atoms with Gasteiger partial charge in [-0.3, -0.25) is 5.84 Å². The summed E-state index contributed by atoms with van der Waals surface area (Å²) in [5, 5.41) is 8.80. The normalized spacial score (nSPS) is 11.8. The fourth-order valence-corrected chi connectivity index (χ4v) is 3.13. The van der Waals surface area contributed by atoms with Gasteiger partial charge in [-0.15, -0.1) is 0 Å². The number of nitrogen functional groups attached to an aromatic ring is 1. The largest absolute Gasteiger partial charge is 0.395 e. The molecule has 1 rings (SSSR count). The zero-order valence-electron chi connectivity index (χ0n) is 10.2. The minimum absolute atomic E-state index is 0.0385. The first-order valence-corrected chi connectivity index (χ1v) is 7.04. The summed E-state index contributed by atoms with van der Waals surface area (Å²) in [5.74, 6) is 5.27. The van der Waals surface area contributed by atoms with E-state index in [1.807, 2.05) is 6.92 Å². The minimum atomic E-state index is -3.75. The lowest BCUT2D eigenvalue weighted by molar-refractivity contribution is 0.253. The van der Waals surface area contributed by atoms with E-state index in [1.54, 1.807) is 6.07 Å². The van der Waals surface area contributed by atoms with E-state index in [9.17, 15) is 8.42 Å². The number of pyridine rings is 1. The van der Waals surface area contributed by atoms with E-state index in [-0.39, 0.29) is 23.9 Å². The van der Waals surface area contributed by atoms with Crippen LogP contribution in [0.2, 0.25) is 0 Å². The number of nitrogens with two attached hydrogens (primary N) is 1. The van der Waals surface area contributed by atoms with Crippen LogP contribution in [0.15, 0.2) is 23.4 Å². The molecule has 1 heterocycles. The summed E-state index contributed by atoms with van der Waals surface area (Å²) >= 11 is 0. The van der Waals surface area contributed by atoms with Crippen molar-refractivity contribution in [3.8, 4) is 0 Å². The SMILES string of the molecule is CCCN(CCO)S(=O)(=O)c1ncccc1NN. The number of nitrogens with zero attached hydrogens (tertiary/aromatic N) is 2. The first kappa shape index (κ1) is 14.8. The van der Waals surface area contributed by atoms with E-state index in [0.717, 1.165) is 0 Å². The molecule has 0 bridgehead atoms. The van der Waals surface area contributed by atoms with Crippen LogP contribution >= 0.6 is 0 Å². The highest BCUT2D eigenvalue weighted by molar-refractivity contribution is 7.89. The summed E-state index contributed by atoms with van der Waals surface area (Å²) in [6.45, 7) is 1.98. The second-order valence-electron chi connectivity index (χ2n) is 3.63. The van der Waals surface area contributed by atoms with Gasteiger partial charge in [0.25, 0.3) is 10.0 Å². The van der Waals surface area contributed by atoms with Crippen LogP contribution in [0.5, 0.6) is 0 Å². The number of aromatic nitrogens is 1. The first-order chi connectivity index (χ1) is 8.57. The molecule has 0 amide bonds. The summed E-state index contributed by atoms with van der Waals surface area (Å²) < 4.78 is 25.9. The van der Waals surface area contributed by atoms with Gasteiger partial charge >= 0.3 is 0 Å². The van der Waals surface area contributed by atoms with Crippen molar-refractivity contribution in [2.24, 2.45) is 5.84 Å². The van der Waals surface area contributed by atoms with Gasteiger partial charge in [0.1, 0.15) is 0 Å². The summed E-state index contributed by atoms with van der Waals surface area (Å²) in [6.07, 6.45) is 2.04. The molecule has 0 saturated carbocycles. The predicted molar refractivity (Wildman–Crippen MR) is 68.2 cm³/mol. The maximum Gasteiger partial charge on any atom is 0.262 e. The Morgan fingerprint density at radius 1 is 1.50 bits per heavy atom. The van der Waals surface area contributed by atoms with Gasteiger partial charge in [0.15, 0.2) is 5.03 Å². The van der Waals surface area contributed by atoms with Crippen molar-refractivity contribution < 1.29 is 13.5 Å². The lowest BCUT2D eigenvalue weighted by atomic mass is 10.4. The van der Waals surface area contributed by atoms with Crippen LogP contribution in [0, 0.1) is 0 Å². The lowest BCUT2D eigenvalue weighted by Crippen LogP contribution is -2.35. The fourth-order valence-electron chi connectivity index (χ4n) is 1.54. The molecular weight excluding hydrogens is 256 g/mol. The Kier molecular flexibility index (Phi) is 5.48. The van der Waals surface area contributed by atoms with Gasteiger partial charge in [0.2, 0.25) is 0 Å². The summed E-state index contributed by atoms with van der Waals surface area (Å²) in [7, 11) is -3.75. The molecule has 1 aromatic rings. The van der Waals surface area contributed by atoms with Gasteiger partial charge in [-0.25, -0.2) is 13.4 Å². The Balaban J connectivity index is 3.17. The standard InChI is InChI=1S/C10H18N4O3S/c1-2-6-14(7-8-15)18(16,17)10-9(13-11)4-3-5-12-10/h3-5,13,15H,2,6-8,11H2,1H3. The Hall–Kier alpha value is -1.22. The number of hydrogen-bond donors (Lipinski definition) is 3. The molecular formula is C10H18N4O3S.